The molecule has 1 aromatic heterocycles. The fraction of sp³-hybridized carbons (Fsp3) is 0.294. The van der Waals surface area contributed by atoms with Crippen LogP contribution in [0.25, 0.3) is 0 Å². The molecule has 0 saturated carbocycles. The Balaban J connectivity index is 1.82. The summed E-state index contributed by atoms with van der Waals surface area (Å²) in [5.41, 5.74) is 0.963. The number of carbonyl (C=O) groups is 2. The van der Waals surface area contributed by atoms with E-state index in [9.17, 15) is 9.59 Å². The van der Waals surface area contributed by atoms with Crippen LogP contribution < -0.4 is 5.32 Å². The van der Waals surface area contributed by atoms with Gasteiger partial charge in [-0.3, -0.25) is 9.59 Å². The van der Waals surface area contributed by atoms with Gasteiger partial charge in [-0.2, -0.15) is 0 Å². The van der Waals surface area contributed by atoms with Gasteiger partial charge in [0.25, 0.3) is 0 Å². The second-order valence-electron chi connectivity index (χ2n) is 4.93. The van der Waals surface area contributed by atoms with Crippen LogP contribution in [0.4, 0.5) is 0 Å². The Kier molecular flexibility index (Phi) is 6.15. The van der Waals surface area contributed by atoms with Gasteiger partial charge in [0.05, 0.1) is 19.5 Å². The molecule has 4 nitrogen and oxygen atoms in total. The van der Waals surface area contributed by atoms with Gasteiger partial charge in [0, 0.05) is 11.4 Å². The van der Waals surface area contributed by atoms with Crippen LogP contribution in [0, 0.1) is 0 Å². The van der Waals surface area contributed by atoms with Crippen LogP contribution in [0.2, 0.25) is 0 Å². The van der Waals surface area contributed by atoms with E-state index in [1.807, 2.05) is 54.8 Å². The lowest BCUT2D eigenvalue weighted by atomic mass is 10.1. The normalized spacial score (nSPS) is 10.2. The predicted octanol–water partition coefficient (Wildman–Crippen LogP) is 2.46. The molecule has 1 aromatic carbocycles. The van der Waals surface area contributed by atoms with Crippen molar-refractivity contribution in [3.05, 3.63) is 58.3 Å². The summed E-state index contributed by atoms with van der Waals surface area (Å²) in [4.78, 5) is 26.9. The van der Waals surface area contributed by atoms with E-state index in [0.29, 0.717) is 19.5 Å². The van der Waals surface area contributed by atoms with Crippen molar-refractivity contribution in [2.45, 2.75) is 19.9 Å². The fourth-order valence-electron chi connectivity index (χ4n) is 2.09. The fourth-order valence-corrected chi connectivity index (χ4v) is 2.73. The second kappa shape index (κ2) is 8.34. The summed E-state index contributed by atoms with van der Waals surface area (Å²) in [5.74, 6) is -0.156. The van der Waals surface area contributed by atoms with Crippen molar-refractivity contribution in [3.63, 3.8) is 0 Å². The van der Waals surface area contributed by atoms with Gasteiger partial charge < -0.3 is 10.2 Å². The maximum Gasteiger partial charge on any atom is 0.239 e. The zero-order chi connectivity index (χ0) is 15.8. The lowest BCUT2D eigenvalue weighted by molar-refractivity contribution is -0.135. The number of amides is 2. The molecule has 2 aromatic rings. The number of nitrogens with one attached hydrogen (secondary N) is 1. The Hall–Kier alpha value is -2.14. The molecule has 2 amide bonds. The maximum atomic E-state index is 12.3. The van der Waals surface area contributed by atoms with Crippen LogP contribution in [-0.2, 0) is 22.6 Å². The molecule has 22 heavy (non-hydrogen) atoms. The van der Waals surface area contributed by atoms with Gasteiger partial charge >= 0.3 is 0 Å². The lowest BCUT2D eigenvalue weighted by Crippen LogP contribution is -2.41. The van der Waals surface area contributed by atoms with E-state index in [1.165, 1.54) is 0 Å². The number of hydrogen-bond donors (Lipinski definition) is 1. The van der Waals surface area contributed by atoms with E-state index in [-0.39, 0.29) is 18.4 Å². The highest BCUT2D eigenvalue weighted by Gasteiger charge is 2.15. The molecular formula is C17H20N2O2S. The number of carbonyl (C=O) groups excluding carboxylic acids is 2. The van der Waals surface area contributed by atoms with Crippen molar-refractivity contribution in [3.8, 4) is 0 Å². The van der Waals surface area contributed by atoms with E-state index in [2.05, 4.69) is 5.32 Å². The quantitative estimate of drug-likeness (QED) is 0.853. The van der Waals surface area contributed by atoms with Crippen LogP contribution in [0.5, 0.6) is 0 Å². The predicted molar refractivity (Wildman–Crippen MR) is 88.6 cm³/mol. The number of thiophene rings is 1. The van der Waals surface area contributed by atoms with E-state index < -0.39 is 0 Å². The molecule has 2 rings (SSSR count). The zero-order valence-corrected chi connectivity index (χ0v) is 13.4. The van der Waals surface area contributed by atoms with Gasteiger partial charge in [0.15, 0.2) is 0 Å². The van der Waals surface area contributed by atoms with Crippen LogP contribution in [0.1, 0.15) is 17.4 Å². The second-order valence-corrected chi connectivity index (χ2v) is 5.96. The molecule has 0 unspecified atom stereocenters. The highest BCUT2D eigenvalue weighted by atomic mass is 32.1. The Morgan fingerprint density at radius 1 is 1.14 bits per heavy atom. The molecule has 0 spiro atoms. The third-order valence-electron chi connectivity index (χ3n) is 3.31. The molecule has 0 fully saturated rings. The zero-order valence-electron chi connectivity index (χ0n) is 12.6. The molecule has 0 radical (unpaired) electrons. The van der Waals surface area contributed by atoms with Crippen LogP contribution in [0.3, 0.4) is 0 Å². The smallest absolute Gasteiger partial charge is 0.239 e. The van der Waals surface area contributed by atoms with E-state index in [0.717, 1.165) is 10.4 Å². The van der Waals surface area contributed by atoms with E-state index in [4.69, 9.17) is 0 Å². The summed E-state index contributed by atoms with van der Waals surface area (Å²) in [5, 5.41) is 4.82. The largest absolute Gasteiger partial charge is 0.350 e. The molecule has 1 N–H and O–H groups in total. The van der Waals surface area contributed by atoms with Gasteiger partial charge in [-0.25, -0.2) is 0 Å². The Labute approximate surface area is 134 Å². The molecule has 0 aliphatic carbocycles. The van der Waals surface area contributed by atoms with Crippen molar-refractivity contribution in [1.82, 2.24) is 10.2 Å². The minimum absolute atomic E-state index is 0.0278. The van der Waals surface area contributed by atoms with Crippen LogP contribution in [0.15, 0.2) is 47.8 Å². The lowest BCUT2D eigenvalue weighted by Gasteiger charge is -2.20. The number of nitrogens with zero attached hydrogens (tertiary/aromatic N) is 1. The molecule has 1 heterocycles. The first-order valence-corrected chi connectivity index (χ1v) is 8.17. The van der Waals surface area contributed by atoms with Gasteiger partial charge in [0.1, 0.15) is 0 Å². The molecular weight excluding hydrogens is 296 g/mol. The van der Waals surface area contributed by atoms with Gasteiger partial charge in [-0.15, -0.1) is 11.3 Å². The third kappa shape index (κ3) is 5.00. The van der Waals surface area contributed by atoms with Crippen molar-refractivity contribution >= 4 is 23.2 Å². The van der Waals surface area contributed by atoms with E-state index >= 15 is 0 Å². The first-order valence-electron chi connectivity index (χ1n) is 7.30. The Morgan fingerprint density at radius 2 is 1.91 bits per heavy atom. The Bertz CT molecular complexity index is 596. The van der Waals surface area contributed by atoms with Crippen LogP contribution >= 0.6 is 11.3 Å². The first-order chi connectivity index (χ1) is 10.7. The number of benzene rings is 1. The van der Waals surface area contributed by atoms with Gasteiger partial charge in [-0.1, -0.05) is 36.4 Å². The molecule has 0 bridgehead atoms. The minimum Gasteiger partial charge on any atom is -0.350 e. The average Bonchev–Trinajstić information content (AvgIpc) is 3.05. The summed E-state index contributed by atoms with van der Waals surface area (Å²) >= 11 is 1.60. The van der Waals surface area contributed by atoms with Gasteiger partial charge in [-0.05, 0) is 23.9 Å². The molecule has 116 valence electrons. The molecule has 0 aliphatic rings. The number of rotatable bonds is 7. The van der Waals surface area contributed by atoms with Crippen molar-refractivity contribution in [2.24, 2.45) is 0 Å². The summed E-state index contributed by atoms with van der Waals surface area (Å²) in [6.07, 6.45) is 0.326. The summed E-state index contributed by atoms with van der Waals surface area (Å²) in [7, 11) is 0. The monoisotopic (exact) mass is 316 g/mol. The maximum absolute atomic E-state index is 12.3. The van der Waals surface area contributed by atoms with E-state index in [1.54, 1.807) is 16.2 Å². The molecule has 0 saturated heterocycles. The average molecular weight is 316 g/mol. The summed E-state index contributed by atoms with van der Waals surface area (Å²) < 4.78 is 0. The SMILES string of the molecule is CCN(CC(=O)NCc1cccs1)C(=O)Cc1ccccc1. The Morgan fingerprint density at radius 3 is 2.55 bits per heavy atom. The third-order valence-corrected chi connectivity index (χ3v) is 4.18. The topological polar surface area (TPSA) is 49.4 Å². The molecule has 0 atom stereocenters. The van der Waals surface area contributed by atoms with Crippen LogP contribution in [-0.4, -0.2) is 29.8 Å². The minimum atomic E-state index is -0.128. The number of likely N-dealkylation sites (N-methyl/N-ethyl adjacent to an activating group) is 1. The highest BCUT2D eigenvalue weighted by molar-refractivity contribution is 7.09. The van der Waals surface area contributed by atoms with Crippen molar-refractivity contribution < 1.29 is 9.59 Å². The summed E-state index contributed by atoms with van der Waals surface area (Å²) in [6.45, 7) is 3.03. The molecule has 5 heteroatoms. The first kappa shape index (κ1) is 16.2. The standard InChI is InChI=1S/C17H20N2O2S/c1-2-19(17(21)11-14-7-4-3-5-8-14)13-16(20)18-12-15-9-6-10-22-15/h3-10H,2,11-13H2,1H3,(H,18,20). The van der Waals surface area contributed by atoms with Crippen molar-refractivity contribution in [1.29, 1.82) is 0 Å². The summed E-state index contributed by atoms with van der Waals surface area (Å²) in [6, 6.07) is 13.5. The van der Waals surface area contributed by atoms with Crippen molar-refractivity contribution in [2.75, 3.05) is 13.1 Å². The number of hydrogen-bond acceptors (Lipinski definition) is 3. The molecule has 0 aliphatic heterocycles. The van der Waals surface area contributed by atoms with Gasteiger partial charge in [0.2, 0.25) is 11.8 Å². The highest BCUT2D eigenvalue weighted by Crippen LogP contribution is 2.07.